The number of aromatic nitrogens is 5. The van der Waals surface area contributed by atoms with Crippen LogP contribution in [0.5, 0.6) is 11.9 Å². The van der Waals surface area contributed by atoms with Crippen molar-refractivity contribution in [3.63, 3.8) is 0 Å². The lowest BCUT2D eigenvalue weighted by atomic mass is 9.93. The van der Waals surface area contributed by atoms with Gasteiger partial charge in [0, 0.05) is 24.4 Å². The first kappa shape index (κ1) is 26.8. The van der Waals surface area contributed by atoms with Crippen molar-refractivity contribution in [1.82, 2.24) is 24.3 Å². The maximum Gasteiger partial charge on any atom is 0.319 e. The molecule has 0 bridgehead atoms. The molecule has 4 heterocycles. The molecule has 40 heavy (non-hydrogen) atoms. The Labute approximate surface area is 233 Å². The first-order valence-electron chi connectivity index (χ1n) is 12.1. The molecule has 0 spiro atoms. The van der Waals surface area contributed by atoms with Crippen LogP contribution in [0.25, 0.3) is 5.69 Å². The second-order valence-electron chi connectivity index (χ2n) is 9.35. The third-order valence-corrected chi connectivity index (χ3v) is 6.80. The van der Waals surface area contributed by atoms with Crippen LogP contribution in [0, 0.1) is 17.1 Å². The van der Waals surface area contributed by atoms with E-state index in [2.05, 4.69) is 15.1 Å². The first-order chi connectivity index (χ1) is 19.1. The Balaban J connectivity index is 1.84. The molecule has 5 rings (SSSR count). The van der Waals surface area contributed by atoms with Crippen molar-refractivity contribution in [2.45, 2.75) is 25.8 Å². The predicted molar refractivity (Wildman–Crippen MR) is 143 cm³/mol. The summed E-state index contributed by atoms with van der Waals surface area (Å²) in [6, 6.07) is 6.23. The number of halogens is 2. The van der Waals surface area contributed by atoms with Crippen molar-refractivity contribution in [1.29, 1.82) is 5.26 Å². The van der Waals surface area contributed by atoms with Gasteiger partial charge in [0.05, 0.1) is 48.8 Å². The number of benzene rings is 1. The number of nitriles is 1. The highest BCUT2D eigenvalue weighted by Crippen LogP contribution is 2.46. The number of anilines is 1. The number of pyridine rings is 1. The van der Waals surface area contributed by atoms with Gasteiger partial charge in [-0.05, 0) is 24.1 Å². The fourth-order valence-electron chi connectivity index (χ4n) is 4.90. The molecule has 0 N–H and O–H groups in total. The number of carbonyl (C=O) groups is 1. The van der Waals surface area contributed by atoms with Crippen molar-refractivity contribution in [3.8, 4) is 23.6 Å². The van der Waals surface area contributed by atoms with Crippen molar-refractivity contribution in [2.24, 2.45) is 7.05 Å². The Kier molecular flexibility index (Phi) is 6.77. The number of ether oxygens (including phenoxy) is 2. The molecule has 0 saturated heterocycles. The van der Waals surface area contributed by atoms with E-state index in [0.717, 1.165) is 6.07 Å². The number of amides is 1. The van der Waals surface area contributed by atoms with Crippen LogP contribution < -0.4 is 19.9 Å². The Bertz CT molecular complexity index is 1780. The van der Waals surface area contributed by atoms with Gasteiger partial charge in [-0.3, -0.25) is 14.5 Å². The molecule has 204 valence electrons. The monoisotopic (exact) mass is 563 g/mol. The van der Waals surface area contributed by atoms with E-state index in [4.69, 9.17) is 21.1 Å². The minimum Gasteiger partial charge on any atom is -0.479 e. The molecular formula is C27H23ClFN7O4. The van der Waals surface area contributed by atoms with Crippen molar-refractivity contribution < 1.29 is 18.7 Å². The molecule has 3 aromatic heterocycles. The molecule has 0 radical (unpaired) electrons. The van der Waals surface area contributed by atoms with E-state index in [1.54, 1.807) is 0 Å². The van der Waals surface area contributed by atoms with E-state index < -0.39 is 23.3 Å². The summed E-state index contributed by atoms with van der Waals surface area (Å²) >= 11 is 6.28. The third kappa shape index (κ3) is 4.15. The normalized spacial score (nSPS) is 14.4. The van der Waals surface area contributed by atoms with E-state index in [-0.39, 0.29) is 45.3 Å². The fraction of sp³-hybridized carbons (Fsp3) is 0.259. The van der Waals surface area contributed by atoms with Gasteiger partial charge < -0.3 is 14.0 Å². The molecule has 1 aliphatic rings. The predicted octanol–water partition coefficient (Wildman–Crippen LogP) is 3.92. The van der Waals surface area contributed by atoms with Crippen molar-refractivity contribution >= 4 is 23.2 Å². The minimum absolute atomic E-state index is 0.0114. The second kappa shape index (κ2) is 10.1. The summed E-state index contributed by atoms with van der Waals surface area (Å²) in [5.74, 6) is -1.45. The maximum atomic E-state index is 15.6. The number of carbonyl (C=O) groups excluding carboxylic acids is 1. The molecule has 13 heteroatoms. The van der Waals surface area contributed by atoms with Gasteiger partial charge in [-0.25, -0.2) is 14.1 Å². The van der Waals surface area contributed by atoms with Gasteiger partial charge in [0.1, 0.15) is 17.2 Å². The van der Waals surface area contributed by atoms with E-state index >= 15 is 4.39 Å². The molecule has 0 aliphatic carbocycles. The van der Waals surface area contributed by atoms with Gasteiger partial charge in [0.2, 0.25) is 5.88 Å². The zero-order valence-corrected chi connectivity index (χ0v) is 22.9. The lowest BCUT2D eigenvalue weighted by molar-refractivity contribution is 0.0987. The van der Waals surface area contributed by atoms with E-state index in [1.165, 1.54) is 66.0 Å². The van der Waals surface area contributed by atoms with Crippen LogP contribution in [0.3, 0.4) is 0 Å². The largest absolute Gasteiger partial charge is 0.479 e. The Hall–Kier alpha value is -4.76. The molecule has 4 aromatic rings. The molecular weight excluding hydrogens is 541 g/mol. The van der Waals surface area contributed by atoms with Crippen LogP contribution in [0.1, 0.15) is 58.7 Å². The number of hydrogen-bond acceptors (Lipinski definition) is 8. The summed E-state index contributed by atoms with van der Waals surface area (Å²) < 4.78 is 28.9. The third-order valence-electron chi connectivity index (χ3n) is 6.59. The lowest BCUT2D eigenvalue weighted by Crippen LogP contribution is -2.36. The Morgan fingerprint density at radius 2 is 1.90 bits per heavy atom. The van der Waals surface area contributed by atoms with Crippen LogP contribution in [0.15, 0.2) is 41.5 Å². The van der Waals surface area contributed by atoms with Gasteiger partial charge >= 0.3 is 6.01 Å². The van der Waals surface area contributed by atoms with Crippen LogP contribution in [-0.4, -0.2) is 44.4 Å². The standard InChI is InChI=1S/C27H23ClFN7O4/c1-13(2)22-20-21(33-36(22)19-11-31-27(40-5)32-24(19)39-4)26(38)35(18-9-15(28)12-34(3)25(18)37)23(20)16-7-6-14(10-30)8-17(16)29/h6-9,11-13,23H,1-5H3. The molecule has 0 saturated carbocycles. The topological polar surface area (TPSA) is 128 Å². The summed E-state index contributed by atoms with van der Waals surface area (Å²) in [6.07, 6.45) is 2.87. The maximum absolute atomic E-state index is 15.6. The molecule has 11 nitrogen and oxygen atoms in total. The first-order valence-corrected chi connectivity index (χ1v) is 12.5. The van der Waals surface area contributed by atoms with Crippen LogP contribution in [0.2, 0.25) is 5.02 Å². The molecule has 0 fully saturated rings. The van der Waals surface area contributed by atoms with Crippen LogP contribution in [0.4, 0.5) is 10.1 Å². The number of fused-ring (bicyclic) bond motifs is 1. The van der Waals surface area contributed by atoms with Gasteiger partial charge in [0.15, 0.2) is 5.69 Å². The highest BCUT2D eigenvalue weighted by atomic mass is 35.5. The van der Waals surface area contributed by atoms with Crippen molar-refractivity contribution in [3.05, 3.63) is 85.9 Å². The lowest BCUT2D eigenvalue weighted by Gasteiger charge is -2.28. The number of nitrogens with zero attached hydrogens (tertiary/aromatic N) is 7. The van der Waals surface area contributed by atoms with Crippen LogP contribution >= 0.6 is 11.6 Å². The highest BCUT2D eigenvalue weighted by molar-refractivity contribution is 6.30. The Morgan fingerprint density at radius 1 is 1.15 bits per heavy atom. The number of hydrogen-bond donors (Lipinski definition) is 0. The van der Waals surface area contributed by atoms with Gasteiger partial charge in [0.25, 0.3) is 11.5 Å². The summed E-state index contributed by atoms with van der Waals surface area (Å²) in [4.78, 5) is 36.9. The average Bonchev–Trinajstić information content (AvgIpc) is 3.45. The fourth-order valence-corrected chi connectivity index (χ4v) is 5.15. The van der Waals surface area contributed by atoms with E-state index in [0.29, 0.717) is 16.9 Å². The summed E-state index contributed by atoms with van der Waals surface area (Å²) in [6.45, 7) is 3.78. The van der Waals surface area contributed by atoms with Crippen molar-refractivity contribution in [2.75, 3.05) is 19.1 Å². The number of rotatable bonds is 6. The molecule has 1 aromatic carbocycles. The molecule has 1 atom stereocenters. The molecule has 1 aliphatic heterocycles. The number of aryl methyl sites for hydroxylation is 1. The van der Waals surface area contributed by atoms with Gasteiger partial charge in [-0.1, -0.05) is 31.5 Å². The zero-order valence-electron chi connectivity index (χ0n) is 22.1. The zero-order chi connectivity index (χ0) is 28.9. The minimum atomic E-state index is -1.10. The van der Waals surface area contributed by atoms with E-state index in [1.807, 2.05) is 19.9 Å². The molecule has 1 unspecified atom stereocenters. The van der Waals surface area contributed by atoms with E-state index in [9.17, 15) is 14.9 Å². The second-order valence-corrected chi connectivity index (χ2v) is 9.79. The van der Waals surface area contributed by atoms with Gasteiger partial charge in [-0.15, -0.1) is 0 Å². The quantitative estimate of drug-likeness (QED) is 0.345. The summed E-state index contributed by atoms with van der Waals surface area (Å²) in [5, 5.41) is 14.1. The van der Waals surface area contributed by atoms with Crippen LogP contribution in [-0.2, 0) is 7.05 Å². The SMILES string of the molecule is COc1ncc(-n2nc3c(c2C(C)C)C(c2ccc(C#N)cc2F)N(c2cc(Cl)cn(C)c2=O)C3=O)c(OC)n1. The summed E-state index contributed by atoms with van der Waals surface area (Å²) in [7, 11) is 4.35. The van der Waals surface area contributed by atoms with Gasteiger partial charge in [-0.2, -0.15) is 15.3 Å². The highest BCUT2D eigenvalue weighted by Gasteiger charge is 2.47. The summed E-state index contributed by atoms with van der Waals surface area (Å²) in [5.41, 5.74) is 0.915. The average molecular weight is 564 g/mol. The smallest absolute Gasteiger partial charge is 0.319 e. The number of methoxy groups -OCH3 is 2. The molecule has 1 amide bonds. The Morgan fingerprint density at radius 3 is 2.52 bits per heavy atom.